The fraction of sp³-hybridized carbons (Fsp3) is 0.472. The molecule has 2 saturated carbocycles. The minimum absolute atomic E-state index is 0.0167. The van der Waals surface area contributed by atoms with E-state index >= 15 is 0 Å². The Balaban J connectivity index is 1.61. The average molecular weight is 695 g/mol. The number of fused-ring (bicyclic) bond motifs is 1. The van der Waals surface area contributed by atoms with Crippen molar-refractivity contribution < 1.29 is 66.3 Å². The zero-order valence-electron chi connectivity index (χ0n) is 28.1. The molecule has 50 heavy (non-hydrogen) atoms. The van der Waals surface area contributed by atoms with Crippen LogP contribution in [0.4, 0.5) is 0 Å². The molecule has 6 rings (SSSR count). The van der Waals surface area contributed by atoms with Crippen LogP contribution in [0.5, 0.6) is 0 Å². The average Bonchev–Trinajstić information content (AvgIpc) is 3.81. The summed E-state index contributed by atoms with van der Waals surface area (Å²) in [5.41, 5.74) is -7.29. The normalized spacial score (nSPS) is 32.2. The van der Waals surface area contributed by atoms with Crippen LogP contribution in [-0.2, 0) is 38.0 Å². The lowest BCUT2D eigenvalue weighted by Gasteiger charge is -2.65. The smallest absolute Gasteiger partial charge is 0.341 e. The van der Waals surface area contributed by atoms with Gasteiger partial charge in [-0.25, -0.2) is 14.4 Å². The summed E-state index contributed by atoms with van der Waals surface area (Å²) in [4.78, 5) is 66.7. The molecule has 1 aromatic carbocycles. The van der Waals surface area contributed by atoms with Gasteiger partial charge in [0.1, 0.15) is 42.9 Å². The van der Waals surface area contributed by atoms with Gasteiger partial charge in [-0.15, -0.1) is 0 Å². The number of carbonyl (C=O) groups is 5. The number of benzene rings is 1. The maximum atomic E-state index is 13.9. The SMILES string of the molecule is CC(=O)OC[C@]12[C@H](OC(=O)c3ccoc3)C[C@@H]3[C@@H](OC(C)=O)[C@]1(OC3(C)C)[C@@](C)(O)C[C@H](OC(=O)c1ccccc1)[C@@H]2OC(=O)c1ccoc1. The first-order valence-corrected chi connectivity index (χ1v) is 16.1. The highest BCUT2D eigenvalue weighted by atomic mass is 16.6. The number of aliphatic hydroxyl groups is 1. The van der Waals surface area contributed by atoms with Crippen LogP contribution in [0.15, 0.2) is 76.4 Å². The van der Waals surface area contributed by atoms with E-state index in [4.69, 9.17) is 37.3 Å². The predicted octanol–water partition coefficient (Wildman–Crippen LogP) is 4.05. The number of hydrogen-bond acceptors (Lipinski definition) is 14. The summed E-state index contributed by atoms with van der Waals surface area (Å²) in [5, 5.41) is 12.8. The number of ether oxygens (including phenoxy) is 6. The second-order valence-corrected chi connectivity index (χ2v) is 13.7. The number of rotatable bonds is 9. The minimum atomic E-state index is -2.11. The van der Waals surface area contributed by atoms with Gasteiger partial charge >= 0.3 is 29.8 Å². The quantitative estimate of drug-likeness (QED) is 0.250. The molecule has 3 aliphatic rings. The monoisotopic (exact) mass is 694 g/mol. The van der Waals surface area contributed by atoms with Crippen molar-refractivity contribution in [2.75, 3.05) is 6.61 Å². The van der Waals surface area contributed by atoms with Crippen molar-refractivity contribution in [3.63, 3.8) is 0 Å². The van der Waals surface area contributed by atoms with Gasteiger partial charge in [0.2, 0.25) is 0 Å². The Morgan fingerprint density at radius 2 is 1.36 bits per heavy atom. The first kappa shape index (κ1) is 34.9. The molecule has 8 atom stereocenters. The lowest BCUT2D eigenvalue weighted by atomic mass is 9.46. The molecule has 3 aromatic rings. The Bertz CT molecular complexity index is 1740. The minimum Gasteiger partial charge on any atom is -0.472 e. The Morgan fingerprint density at radius 1 is 0.760 bits per heavy atom. The molecule has 2 aliphatic carbocycles. The Morgan fingerprint density at radius 3 is 1.92 bits per heavy atom. The second-order valence-electron chi connectivity index (χ2n) is 13.7. The van der Waals surface area contributed by atoms with Gasteiger partial charge in [0, 0.05) is 26.2 Å². The van der Waals surface area contributed by atoms with E-state index in [-0.39, 0.29) is 23.1 Å². The van der Waals surface area contributed by atoms with Crippen molar-refractivity contribution in [2.24, 2.45) is 11.3 Å². The lowest BCUT2D eigenvalue weighted by molar-refractivity contribution is -0.353. The van der Waals surface area contributed by atoms with E-state index < -0.39 is 95.4 Å². The standard InChI is InChI=1S/C36H38O14/c1-20(37)45-19-35-27(48-31(40)23-11-13-43-17-23)15-25-28(46-21(2)38)36(35,50-33(25,3)4)34(5,42)16-26(47-30(39)22-9-7-6-8-10-22)29(35)49-32(41)24-12-14-44-18-24/h6-14,17-18,25-29,42H,15-16,19H2,1-5H3/t25-,26+,27-,28-,29+,34+,35-,36+/m1/s1. The van der Waals surface area contributed by atoms with E-state index in [1.54, 1.807) is 32.0 Å². The largest absolute Gasteiger partial charge is 0.472 e. The summed E-state index contributed by atoms with van der Waals surface area (Å²) in [6.45, 7) is 6.49. The van der Waals surface area contributed by atoms with E-state index in [2.05, 4.69) is 0 Å². The molecule has 0 unspecified atom stereocenters. The molecule has 2 aromatic heterocycles. The van der Waals surface area contributed by atoms with Crippen molar-refractivity contribution in [3.8, 4) is 0 Å². The van der Waals surface area contributed by atoms with E-state index in [0.717, 1.165) is 13.2 Å². The van der Waals surface area contributed by atoms with Gasteiger partial charge in [-0.2, -0.15) is 0 Å². The molecule has 0 amide bonds. The third kappa shape index (κ3) is 5.65. The van der Waals surface area contributed by atoms with Crippen LogP contribution >= 0.6 is 0 Å². The second kappa shape index (κ2) is 12.7. The molecule has 0 radical (unpaired) electrons. The lowest BCUT2D eigenvalue weighted by Crippen LogP contribution is -2.83. The fourth-order valence-electron chi connectivity index (χ4n) is 8.15. The zero-order valence-corrected chi connectivity index (χ0v) is 28.1. The van der Waals surface area contributed by atoms with Crippen molar-refractivity contribution in [1.29, 1.82) is 0 Å². The molecule has 3 fully saturated rings. The fourth-order valence-corrected chi connectivity index (χ4v) is 8.15. The molecule has 1 saturated heterocycles. The highest BCUT2D eigenvalue weighted by Gasteiger charge is 2.86. The van der Waals surface area contributed by atoms with E-state index in [0.29, 0.717) is 0 Å². The zero-order chi connectivity index (χ0) is 36.1. The van der Waals surface area contributed by atoms with Gasteiger partial charge in [0.15, 0.2) is 11.7 Å². The van der Waals surface area contributed by atoms with Gasteiger partial charge in [0.25, 0.3) is 0 Å². The van der Waals surface area contributed by atoms with Crippen LogP contribution in [0.1, 0.15) is 78.5 Å². The van der Waals surface area contributed by atoms with Crippen molar-refractivity contribution in [1.82, 2.24) is 0 Å². The van der Waals surface area contributed by atoms with Crippen LogP contribution in [0.3, 0.4) is 0 Å². The van der Waals surface area contributed by atoms with E-state index in [9.17, 15) is 29.1 Å². The number of esters is 5. The van der Waals surface area contributed by atoms with E-state index in [1.807, 2.05) is 0 Å². The first-order chi connectivity index (χ1) is 23.6. The topological polar surface area (TPSA) is 187 Å². The highest BCUT2D eigenvalue weighted by molar-refractivity contribution is 5.91. The van der Waals surface area contributed by atoms with E-state index in [1.165, 1.54) is 56.9 Å². The molecule has 14 nitrogen and oxygen atoms in total. The van der Waals surface area contributed by atoms with Crippen LogP contribution in [0.25, 0.3) is 0 Å². The molecule has 14 heteroatoms. The third-order valence-electron chi connectivity index (χ3n) is 10.1. The van der Waals surface area contributed by atoms with Crippen LogP contribution in [-0.4, -0.2) is 82.8 Å². The van der Waals surface area contributed by atoms with Crippen LogP contribution < -0.4 is 0 Å². The Kier molecular flexibility index (Phi) is 8.89. The van der Waals surface area contributed by atoms with Gasteiger partial charge in [-0.05, 0) is 51.5 Å². The maximum absolute atomic E-state index is 13.9. The molecule has 266 valence electrons. The summed E-state index contributed by atoms with van der Waals surface area (Å²) in [6.07, 6.45) is -1.42. The summed E-state index contributed by atoms with van der Waals surface area (Å²) in [6, 6.07) is 10.7. The van der Waals surface area contributed by atoms with Gasteiger partial charge in [0.05, 0.1) is 40.4 Å². The summed E-state index contributed by atoms with van der Waals surface area (Å²) in [5.74, 6) is -4.81. The van der Waals surface area contributed by atoms with Crippen LogP contribution in [0, 0.1) is 11.3 Å². The molecular formula is C36H38O14. The third-order valence-corrected chi connectivity index (χ3v) is 10.1. The predicted molar refractivity (Wildman–Crippen MR) is 167 cm³/mol. The Hall–Kier alpha value is -4.95. The molecule has 2 bridgehead atoms. The van der Waals surface area contributed by atoms with Crippen molar-refractivity contribution >= 4 is 29.8 Å². The van der Waals surface area contributed by atoms with Crippen molar-refractivity contribution in [2.45, 2.75) is 88.7 Å². The Labute approximate surface area is 286 Å². The first-order valence-electron chi connectivity index (χ1n) is 16.1. The highest BCUT2D eigenvalue weighted by Crippen LogP contribution is 2.69. The molecule has 1 aliphatic heterocycles. The number of hydrogen-bond donors (Lipinski definition) is 1. The van der Waals surface area contributed by atoms with Gasteiger partial charge in [-0.1, -0.05) is 18.2 Å². The summed E-state index contributed by atoms with van der Waals surface area (Å²) >= 11 is 0. The number of furan rings is 2. The molecule has 1 N–H and O–H groups in total. The maximum Gasteiger partial charge on any atom is 0.341 e. The van der Waals surface area contributed by atoms with Gasteiger partial charge < -0.3 is 42.4 Å². The molecule has 3 heterocycles. The van der Waals surface area contributed by atoms with Gasteiger partial charge in [-0.3, -0.25) is 9.59 Å². The number of carbonyl (C=O) groups excluding carboxylic acids is 5. The summed E-state index contributed by atoms with van der Waals surface area (Å²) < 4.78 is 47.4. The van der Waals surface area contributed by atoms with Crippen molar-refractivity contribution in [3.05, 3.63) is 84.2 Å². The molecule has 1 spiro atoms. The summed E-state index contributed by atoms with van der Waals surface area (Å²) in [7, 11) is 0. The molecular weight excluding hydrogens is 656 g/mol. The van der Waals surface area contributed by atoms with Crippen LogP contribution in [0.2, 0.25) is 0 Å².